The maximum absolute atomic E-state index is 8.56. The van der Waals surface area contributed by atoms with Crippen molar-refractivity contribution in [1.29, 1.82) is 0 Å². The van der Waals surface area contributed by atoms with Crippen molar-refractivity contribution in [2.45, 2.75) is 32.1 Å². The summed E-state index contributed by atoms with van der Waals surface area (Å²) in [4.78, 5) is 0. The second kappa shape index (κ2) is 8.21. The first-order chi connectivity index (χ1) is 6.93. The molecule has 0 aromatic carbocycles. The minimum Gasteiger partial charge on any atom is -0.396 e. The van der Waals surface area contributed by atoms with E-state index in [1.165, 1.54) is 32.4 Å². The van der Waals surface area contributed by atoms with E-state index in [1.807, 2.05) is 0 Å². The first-order valence-corrected chi connectivity index (χ1v) is 5.83. The lowest BCUT2D eigenvalue weighted by Gasteiger charge is -2.22. The fourth-order valence-corrected chi connectivity index (χ4v) is 1.84. The van der Waals surface area contributed by atoms with Gasteiger partial charge in [0.2, 0.25) is 0 Å². The lowest BCUT2D eigenvalue weighted by atomic mass is 9.97. The highest BCUT2D eigenvalue weighted by Crippen LogP contribution is 2.13. The lowest BCUT2D eigenvalue weighted by molar-refractivity contribution is 0.108. The molecule has 0 aromatic rings. The van der Waals surface area contributed by atoms with E-state index >= 15 is 0 Å². The van der Waals surface area contributed by atoms with E-state index < -0.39 is 0 Å². The van der Waals surface area contributed by atoms with Crippen molar-refractivity contribution in [2.24, 2.45) is 5.92 Å². The van der Waals surface area contributed by atoms with Crippen molar-refractivity contribution in [3.8, 4) is 0 Å². The van der Waals surface area contributed by atoms with Crippen molar-refractivity contribution < 1.29 is 9.84 Å². The minimum atomic E-state index is 0.288. The van der Waals surface area contributed by atoms with E-state index in [-0.39, 0.29) is 6.61 Å². The number of nitrogens with one attached hydrogen (secondary N) is 1. The molecular weight excluding hydrogens is 178 g/mol. The molecule has 0 saturated carbocycles. The Hall–Kier alpha value is -0.120. The van der Waals surface area contributed by atoms with Crippen LogP contribution < -0.4 is 5.32 Å². The lowest BCUT2D eigenvalue weighted by Crippen LogP contribution is -2.30. The minimum absolute atomic E-state index is 0.288. The molecule has 0 spiro atoms. The van der Waals surface area contributed by atoms with E-state index in [2.05, 4.69) is 5.32 Å². The first-order valence-electron chi connectivity index (χ1n) is 5.83. The summed E-state index contributed by atoms with van der Waals surface area (Å²) in [5.41, 5.74) is 0. The molecule has 1 unspecified atom stereocenters. The van der Waals surface area contributed by atoms with Gasteiger partial charge in [-0.3, -0.25) is 0 Å². The van der Waals surface area contributed by atoms with Crippen molar-refractivity contribution in [3.63, 3.8) is 0 Å². The molecular formula is C11H23NO2. The number of rotatable bonds is 7. The topological polar surface area (TPSA) is 41.5 Å². The number of ether oxygens (including phenoxy) is 1. The fourth-order valence-electron chi connectivity index (χ4n) is 1.84. The Morgan fingerprint density at radius 3 is 2.93 bits per heavy atom. The standard InChI is InChI=1S/C11H23NO2/c13-7-1-2-8-14-9-5-11-4-3-6-12-10-11/h11-13H,1-10H2. The van der Waals surface area contributed by atoms with Gasteiger partial charge in [0.1, 0.15) is 0 Å². The molecule has 14 heavy (non-hydrogen) atoms. The molecule has 1 fully saturated rings. The molecule has 3 nitrogen and oxygen atoms in total. The first kappa shape index (κ1) is 12.0. The molecule has 1 aliphatic heterocycles. The largest absolute Gasteiger partial charge is 0.396 e. The summed E-state index contributed by atoms with van der Waals surface area (Å²) in [5.74, 6) is 0.821. The van der Waals surface area contributed by atoms with Crippen LogP contribution in [0.2, 0.25) is 0 Å². The van der Waals surface area contributed by atoms with E-state index in [9.17, 15) is 0 Å². The Balaban J connectivity index is 1.82. The number of hydrogen-bond acceptors (Lipinski definition) is 3. The third kappa shape index (κ3) is 5.58. The third-order valence-corrected chi connectivity index (χ3v) is 2.77. The molecule has 2 N–H and O–H groups in total. The molecule has 1 aliphatic rings. The summed E-state index contributed by atoms with van der Waals surface area (Å²) in [5, 5.41) is 12.0. The van der Waals surface area contributed by atoms with Crippen LogP contribution in [0.1, 0.15) is 32.1 Å². The summed E-state index contributed by atoms with van der Waals surface area (Å²) in [6.07, 6.45) is 5.71. The Labute approximate surface area is 86.8 Å². The summed E-state index contributed by atoms with van der Waals surface area (Å²) in [7, 11) is 0. The van der Waals surface area contributed by atoms with E-state index in [0.29, 0.717) is 0 Å². The van der Waals surface area contributed by atoms with Gasteiger partial charge in [-0.15, -0.1) is 0 Å². The van der Waals surface area contributed by atoms with Crippen LogP contribution in [0.5, 0.6) is 0 Å². The monoisotopic (exact) mass is 201 g/mol. The molecule has 1 rings (SSSR count). The van der Waals surface area contributed by atoms with Gasteiger partial charge in [0, 0.05) is 19.8 Å². The maximum atomic E-state index is 8.56. The Morgan fingerprint density at radius 1 is 1.29 bits per heavy atom. The predicted molar refractivity (Wildman–Crippen MR) is 57.3 cm³/mol. The van der Waals surface area contributed by atoms with Gasteiger partial charge in [0.25, 0.3) is 0 Å². The number of piperidine rings is 1. The highest BCUT2D eigenvalue weighted by atomic mass is 16.5. The molecule has 0 aromatic heterocycles. The number of aliphatic hydroxyl groups excluding tert-OH is 1. The molecule has 0 bridgehead atoms. The van der Waals surface area contributed by atoms with Crippen LogP contribution in [-0.2, 0) is 4.74 Å². The van der Waals surface area contributed by atoms with Gasteiger partial charge in [0.15, 0.2) is 0 Å². The number of hydrogen-bond donors (Lipinski definition) is 2. The van der Waals surface area contributed by atoms with Crippen LogP contribution in [0.4, 0.5) is 0 Å². The highest BCUT2D eigenvalue weighted by molar-refractivity contribution is 4.68. The summed E-state index contributed by atoms with van der Waals surface area (Å²) >= 11 is 0. The van der Waals surface area contributed by atoms with Crippen LogP contribution in [0.25, 0.3) is 0 Å². The van der Waals surface area contributed by atoms with Crippen molar-refractivity contribution in [2.75, 3.05) is 32.9 Å². The Bertz CT molecular complexity index is 124. The zero-order chi connectivity index (χ0) is 10.1. The Kier molecular flexibility index (Phi) is 7.01. The van der Waals surface area contributed by atoms with Crippen LogP contribution >= 0.6 is 0 Å². The van der Waals surface area contributed by atoms with Gasteiger partial charge in [0.05, 0.1) is 0 Å². The van der Waals surface area contributed by atoms with Gasteiger partial charge in [-0.05, 0) is 51.1 Å². The molecule has 84 valence electrons. The fraction of sp³-hybridized carbons (Fsp3) is 1.00. The summed E-state index contributed by atoms with van der Waals surface area (Å²) in [6, 6.07) is 0. The highest BCUT2D eigenvalue weighted by Gasteiger charge is 2.11. The zero-order valence-corrected chi connectivity index (χ0v) is 9.00. The number of aliphatic hydroxyl groups is 1. The van der Waals surface area contributed by atoms with E-state index in [0.717, 1.165) is 32.0 Å². The molecule has 0 amide bonds. The van der Waals surface area contributed by atoms with Gasteiger partial charge in [-0.2, -0.15) is 0 Å². The van der Waals surface area contributed by atoms with Gasteiger partial charge < -0.3 is 15.2 Å². The average Bonchev–Trinajstić information content (AvgIpc) is 2.25. The second-order valence-electron chi connectivity index (χ2n) is 4.04. The SMILES string of the molecule is OCCCCOCCC1CCCNC1. The number of unbranched alkanes of at least 4 members (excludes halogenated alkanes) is 1. The van der Waals surface area contributed by atoms with Gasteiger partial charge in [-0.25, -0.2) is 0 Å². The smallest absolute Gasteiger partial charge is 0.0469 e. The second-order valence-corrected chi connectivity index (χ2v) is 4.04. The molecule has 1 atom stereocenters. The normalized spacial score (nSPS) is 22.5. The van der Waals surface area contributed by atoms with Gasteiger partial charge >= 0.3 is 0 Å². The molecule has 0 radical (unpaired) electrons. The van der Waals surface area contributed by atoms with Crippen molar-refractivity contribution >= 4 is 0 Å². The van der Waals surface area contributed by atoms with Crippen LogP contribution in [0, 0.1) is 5.92 Å². The summed E-state index contributed by atoms with van der Waals surface area (Å²) in [6.45, 7) is 4.34. The average molecular weight is 201 g/mol. The van der Waals surface area contributed by atoms with Gasteiger partial charge in [-0.1, -0.05) is 0 Å². The maximum Gasteiger partial charge on any atom is 0.0469 e. The van der Waals surface area contributed by atoms with E-state index in [4.69, 9.17) is 9.84 Å². The quantitative estimate of drug-likeness (QED) is 0.607. The van der Waals surface area contributed by atoms with Crippen LogP contribution in [-0.4, -0.2) is 38.0 Å². The third-order valence-electron chi connectivity index (χ3n) is 2.77. The molecule has 3 heteroatoms. The van der Waals surface area contributed by atoms with Crippen molar-refractivity contribution in [1.82, 2.24) is 5.32 Å². The van der Waals surface area contributed by atoms with Crippen LogP contribution in [0.3, 0.4) is 0 Å². The molecule has 1 saturated heterocycles. The van der Waals surface area contributed by atoms with Crippen LogP contribution in [0.15, 0.2) is 0 Å². The summed E-state index contributed by atoms with van der Waals surface area (Å²) < 4.78 is 5.50. The predicted octanol–water partition coefficient (Wildman–Crippen LogP) is 1.17. The zero-order valence-electron chi connectivity index (χ0n) is 9.00. The van der Waals surface area contributed by atoms with Crippen molar-refractivity contribution in [3.05, 3.63) is 0 Å². The molecule has 0 aliphatic carbocycles. The molecule has 1 heterocycles. The Morgan fingerprint density at radius 2 is 2.21 bits per heavy atom. The van der Waals surface area contributed by atoms with E-state index in [1.54, 1.807) is 0 Å².